The number of rotatable bonds is 6. The molecule has 1 heterocycles. The molecule has 0 fully saturated rings. The second-order valence-corrected chi connectivity index (χ2v) is 5.83. The molecule has 0 amide bonds. The molecule has 1 aromatic carbocycles. The van der Waals surface area contributed by atoms with Crippen LogP contribution in [0.25, 0.3) is 11.1 Å². The number of hydrogen-bond acceptors (Lipinski definition) is 5. The molecule has 0 saturated heterocycles. The molecule has 0 aliphatic rings. The summed E-state index contributed by atoms with van der Waals surface area (Å²) in [5.41, 5.74) is 8.09. The zero-order chi connectivity index (χ0) is 13.8. The lowest BCUT2D eigenvalue weighted by Gasteiger charge is -2.22. The minimum Gasteiger partial charge on any atom is -0.439 e. The first kappa shape index (κ1) is 14.2. The highest BCUT2D eigenvalue weighted by Crippen LogP contribution is 2.22. The number of aromatic nitrogens is 1. The molecule has 4 nitrogen and oxygen atoms in total. The summed E-state index contributed by atoms with van der Waals surface area (Å²) >= 11 is 1.88. The Morgan fingerprint density at radius 2 is 2.26 bits per heavy atom. The third-order valence-electron chi connectivity index (χ3n) is 3.37. The Morgan fingerprint density at radius 1 is 1.47 bits per heavy atom. The highest BCUT2D eigenvalue weighted by Gasteiger charge is 2.14. The lowest BCUT2D eigenvalue weighted by atomic mass is 10.2. The van der Waals surface area contributed by atoms with Gasteiger partial charge in [-0.25, -0.2) is 4.98 Å². The van der Waals surface area contributed by atoms with E-state index in [0.717, 1.165) is 17.0 Å². The van der Waals surface area contributed by atoms with Gasteiger partial charge >= 0.3 is 0 Å². The topological polar surface area (TPSA) is 55.3 Å². The maximum atomic E-state index is 5.89. The van der Waals surface area contributed by atoms with E-state index in [1.807, 2.05) is 30.0 Å². The number of benzene rings is 1. The van der Waals surface area contributed by atoms with Crippen molar-refractivity contribution in [2.45, 2.75) is 25.9 Å². The van der Waals surface area contributed by atoms with Crippen LogP contribution in [0, 0.1) is 0 Å². The van der Waals surface area contributed by atoms with Crippen molar-refractivity contribution in [2.75, 3.05) is 24.8 Å². The minimum atomic E-state index is 0.514. The Labute approximate surface area is 118 Å². The summed E-state index contributed by atoms with van der Waals surface area (Å²) in [6.07, 6.45) is 3.30. The van der Waals surface area contributed by atoms with E-state index >= 15 is 0 Å². The van der Waals surface area contributed by atoms with Crippen molar-refractivity contribution in [1.82, 2.24) is 9.88 Å². The van der Waals surface area contributed by atoms with Crippen LogP contribution >= 0.6 is 11.8 Å². The Morgan fingerprint density at radius 3 is 2.95 bits per heavy atom. The van der Waals surface area contributed by atoms with E-state index in [1.165, 1.54) is 12.2 Å². The van der Waals surface area contributed by atoms with Crippen LogP contribution < -0.4 is 5.73 Å². The number of nitrogen functional groups attached to an aromatic ring is 1. The maximum absolute atomic E-state index is 5.89. The molecule has 19 heavy (non-hydrogen) atoms. The number of nitrogens with two attached hydrogens (primary N) is 1. The zero-order valence-electron chi connectivity index (χ0n) is 11.7. The van der Waals surface area contributed by atoms with Gasteiger partial charge in [0.15, 0.2) is 5.58 Å². The molecule has 1 atom stereocenters. The third-order valence-corrected chi connectivity index (χ3v) is 4.02. The van der Waals surface area contributed by atoms with E-state index < -0.39 is 0 Å². The summed E-state index contributed by atoms with van der Waals surface area (Å²) in [5, 5.41) is 0. The predicted octanol–water partition coefficient (Wildman–Crippen LogP) is 2.98. The van der Waals surface area contributed by atoms with Crippen molar-refractivity contribution in [3.63, 3.8) is 0 Å². The number of fused-ring (bicyclic) bond motifs is 1. The van der Waals surface area contributed by atoms with Gasteiger partial charge in [-0.2, -0.15) is 11.8 Å². The van der Waals surface area contributed by atoms with Gasteiger partial charge in [0.05, 0.1) is 12.2 Å². The zero-order valence-corrected chi connectivity index (χ0v) is 12.5. The molecule has 2 N–H and O–H groups in total. The van der Waals surface area contributed by atoms with Gasteiger partial charge in [0.2, 0.25) is 5.89 Å². The molecular formula is C14H21N3OS. The average Bonchev–Trinajstić information content (AvgIpc) is 2.79. The molecule has 0 bridgehead atoms. The molecule has 104 valence electrons. The van der Waals surface area contributed by atoms with E-state index in [0.29, 0.717) is 18.3 Å². The molecule has 1 unspecified atom stereocenters. The summed E-state index contributed by atoms with van der Waals surface area (Å²) < 4.78 is 5.74. The standard InChI is InChI=1S/C14H21N3OS/c1-10(7-8-19-3)17(2)9-13-16-14-11(15)5-4-6-12(14)18-13/h4-6,10H,7-9,15H2,1-3H3. The molecule has 0 aliphatic carbocycles. The summed E-state index contributed by atoms with van der Waals surface area (Å²) in [5.74, 6) is 1.90. The van der Waals surface area contributed by atoms with Crippen LogP contribution in [0.3, 0.4) is 0 Å². The van der Waals surface area contributed by atoms with Crippen molar-refractivity contribution < 1.29 is 4.42 Å². The number of nitrogens with zero attached hydrogens (tertiary/aromatic N) is 2. The number of para-hydroxylation sites is 1. The second kappa shape index (κ2) is 6.30. The SMILES string of the molecule is CSCCC(C)N(C)Cc1nc2c(N)cccc2o1. The van der Waals surface area contributed by atoms with Crippen LogP contribution in [0.1, 0.15) is 19.2 Å². The fourth-order valence-corrected chi connectivity index (χ4v) is 2.54. The molecule has 0 spiro atoms. The number of hydrogen-bond donors (Lipinski definition) is 1. The van der Waals surface area contributed by atoms with E-state index in [1.54, 1.807) is 0 Å². The minimum absolute atomic E-state index is 0.514. The van der Waals surface area contributed by atoms with Gasteiger partial charge in [-0.15, -0.1) is 0 Å². The largest absolute Gasteiger partial charge is 0.439 e. The van der Waals surface area contributed by atoms with Gasteiger partial charge in [-0.3, -0.25) is 4.90 Å². The first-order valence-corrected chi connectivity index (χ1v) is 7.84. The summed E-state index contributed by atoms with van der Waals surface area (Å²) in [4.78, 5) is 6.74. The van der Waals surface area contributed by atoms with Crippen LogP contribution in [-0.2, 0) is 6.54 Å². The third kappa shape index (κ3) is 3.42. The van der Waals surface area contributed by atoms with Crippen molar-refractivity contribution >= 4 is 28.5 Å². The fraction of sp³-hybridized carbons (Fsp3) is 0.500. The Bertz CT molecular complexity index is 540. The van der Waals surface area contributed by atoms with Crippen molar-refractivity contribution in [3.8, 4) is 0 Å². The van der Waals surface area contributed by atoms with Crippen molar-refractivity contribution in [3.05, 3.63) is 24.1 Å². The van der Waals surface area contributed by atoms with Gasteiger partial charge < -0.3 is 10.2 Å². The number of oxazole rings is 1. The molecule has 5 heteroatoms. The van der Waals surface area contributed by atoms with Crippen LogP contribution in [0.15, 0.2) is 22.6 Å². The highest BCUT2D eigenvalue weighted by atomic mass is 32.2. The van der Waals surface area contributed by atoms with Crippen LogP contribution in [0.2, 0.25) is 0 Å². The summed E-state index contributed by atoms with van der Waals surface area (Å²) in [6.45, 7) is 2.94. The first-order chi connectivity index (χ1) is 9.11. The molecule has 2 rings (SSSR count). The quantitative estimate of drug-likeness (QED) is 0.824. The second-order valence-electron chi connectivity index (χ2n) is 4.85. The normalized spacial score (nSPS) is 13.3. The van der Waals surface area contributed by atoms with E-state index in [9.17, 15) is 0 Å². The molecule has 0 aliphatic heterocycles. The molecule has 0 radical (unpaired) electrons. The fourth-order valence-electron chi connectivity index (χ4n) is 1.96. The maximum Gasteiger partial charge on any atom is 0.209 e. The number of anilines is 1. The van der Waals surface area contributed by atoms with Gasteiger partial charge in [0, 0.05) is 6.04 Å². The van der Waals surface area contributed by atoms with E-state index in [4.69, 9.17) is 10.2 Å². The molecule has 1 aromatic heterocycles. The van der Waals surface area contributed by atoms with Crippen LogP contribution in [-0.4, -0.2) is 35.0 Å². The predicted molar refractivity (Wildman–Crippen MR) is 82.3 cm³/mol. The smallest absolute Gasteiger partial charge is 0.209 e. The van der Waals surface area contributed by atoms with Crippen molar-refractivity contribution in [1.29, 1.82) is 0 Å². The van der Waals surface area contributed by atoms with Gasteiger partial charge in [-0.05, 0) is 44.5 Å². The Hall–Kier alpha value is -1.20. The van der Waals surface area contributed by atoms with Crippen molar-refractivity contribution in [2.24, 2.45) is 0 Å². The molecular weight excluding hydrogens is 258 g/mol. The average molecular weight is 279 g/mol. The van der Waals surface area contributed by atoms with Crippen LogP contribution in [0.4, 0.5) is 5.69 Å². The Balaban J connectivity index is 2.06. The Kier molecular flexibility index (Phi) is 4.71. The number of thioether (sulfide) groups is 1. The molecule has 2 aromatic rings. The molecule has 0 saturated carbocycles. The lowest BCUT2D eigenvalue weighted by molar-refractivity contribution is 0.224. The first-order valence-electron chi connectivity index (χ1n) is 6.45. The van der Waals surface area contributed by atoms with Gasteiger partial charge in [0.1, 0.15) is 5.52 Å². The van der Waals surface area contributed by atoms with E-state index in [-0.39, 0.29) is 0 Å². The van der Waals surface area contributed by atoms with E-state index in [2.05, 4.69) is 30.1 Å². The lowest BCUT2D eigenvalue weighted by Crippen LogP contribution is -2.29. The summed E-state index contributed by atoms with van der Waals surface area (Å²) in [6, 6.07) is 6.15. The monoisotopic (exact) mass is 279 g/mol. The van der Waals surface area contributed by atoms with Gasteiger partial charge in [0.25, 0.3) is 0 Å². The highest BCUT2D eigenvalue weighted by molar-refractivity contribution is 7.98. The van der Waals surface area contributed by atoms with Crippen LogP contribution in [0.5, 0.6) is 0 Å². The summed E-state index contributed by atoms with van der Waals surface area (Å²) in [7, 11) is 2.10. The van der Waals surface area contributed by atoms with Gasteiger partial charge in [-0.1, -0.05) is 6.07 Å².